The van der Waals surface area contributed by atoms with Crippen LogP contribution in [0.1, 0.15) is 12.5 Å². The van der Waals surface area contributed by atoms with Gasteiger partial charge in [-0.3, -0.25) is 4.98 Å². The van der Waals surface area contributed by atoms with E-state index in [9.17, 15) is 13.2 Å². The summed E-state index contributed by atoms with van der Waals surface area (Å²) in [6, 6.07) is 1.13. The first kappa shape index (κ1) is 13.9. The third-order valence-electron chi connectivity index (χ3n) is 2.51. The summed E-state index contributed by atoms with van der Waals surface area (Å²) in [6.45, 7) is 1.88. The van der Waals surface area contributed by atoms with Crippen molar-refractivity contribution in [3.8, 4) is 11.5 Å². The molecule has 0 atom stereocenters. The van der Waals surface area contributed by atoms with Gasteiger partial charge in [0.2, 0.25) is 0 Å². The maximum Gasteiger partial charge on any atom is 0.417 e. The van der Waals surface area contributed by atoms with Crippen LogP contribution in [-0.4, -0.2) is 20.3 Å². The van der Waals surface area contributed by atoms with Gasteiger partial charge in [0.05, 0.1) is 5.56 Å². The number of thioether (sulfide) groups is 1. The monoisotopic (exact) mass is 287 g/mol. The number of alkyl halides is 3. The summed E-state index contributed by atoms with van der Waals surface area (Å²) in [5.74, 6) is 1.23. The molecule has 102 valence electrons. The van der Waals surface area contributed by atoms with Crippen LogP contribution in [0.5, 0.6) is 0 Å². The number of aromatic nitrogens is 3. The van der Waals surface area contributed by atoms with E-state index in [0.717, 1.165) is 12.3 Å². The third-order valence-corrected chi connectivity index (χ3v) is 3.42. The topological polar surface area (TPSA) is 30.7 Å². The molecule has 0 N–H and O–H groups in total. The van der Waals surface area contributed by atoms with E-state index < -0.39 is 11.7 Å². The molecule has 0 bridgehead atoms. The summed E-state index contributed by atoms with van der Waals surface area (Å²) in [7, 11) is 1.78. The Morgan fingerprint density at radius 2 is 2.05 bits per heavy atom. The average Bonchev–Trinajstić information content (AvgIpc) is 2.74. The Morgan fingerprint density at radius 3 is 2.58 bits per heavy atom. The molecule has 2 rings (SSSR count). The second kappa shape index (κ2) is 5.24. The number of nitrogens with zero attached hydrogens (tertiary/aromatic N) is 3. The molecule has 0 aliphatic carbocycles. The van der Waals surface area contributed by atoms with E-state index in [4.69, 9.17) is 0 Å². The van der Waals surface area contributed by atoms with Crippen LogP contribution in [0.4, 0.5) is 13.2 Å². The van der Waals surface area contributed by atoms with Crippen molar-refractivity contribution >= 4 is 11.8 Å². The molecule has 7 heteroatoms. The molecule has 0 aliphatic rings. The van der Waals surface area contributed by atoms with Crippen LogP contribution in [0, 0.1) is 0 Å². The summed E-state index contributed by atoms with van der Waals surface area (Å²) in [4.78, 5) is 8.56. The second-order valence-corrected chi connectivity index (χ2v) is 5.17. The fourth-order valence-electron chi connectivity index (χ4n) is 1.63. The second-order valence-electron chi connectivity index (χ2n) is 3.86. The minimum absolute atomic E-state index is 0.479. The lowest BCUT2D eigenvalue weighted by Gasteiger charge is -2.11. The van der Waals surface area contributed by atoms with E-state index in [1.54, 1.807) is 24.0 Å². The van der Waals surface area contributed by atoms with Gasteiger partial charge in [0.15, 0.2) is 5.82 Å². The Kier molecular flexibility index (Phi) is 3.84. The lowest BCUT2D eigenvalue weighted by Crippen LogP contribution is -2.07. The Labute approximate surface area is 112 Å². The molecule has 2 aromatic heterocycles. The van der Waals surface area contributed by atoms with Gasteiger partial charge in [0.1, 0.15) is 5.69 Å². The first-order valence-electron chi connectivity index (χ1n) is 5.61. The number of imidazole rings is 1. The van der Waals surface area contributed by atoms with Crippen molar-refractivity contribution in [2.24, 2.45) is 7.05 Å². The first-order chi connectivity index (χ1) is 8.93. The maximum absolute atomic E-state index is 12.7. The predicted molar refractivity (Wildman–Crippen MR) is 67.8 cm³/mol. The summed E-state index contributed by atoms with van der Waals surface area (Å²) >= 11 is 1.32. The highest BCUT2D eigenvalue weighted by atomic mass is 32.2. The molecule has 0 radical (unpaired) electrons. The minimum Gasteiger partial charge on any atom is -0.333 e. The van der Waals surface area contributed by atoms with E-state index in [1.165, 1.54) is 11.8 Å². The largest absolute Gasteiger partial charge is 0.417 e. The Balaban J connectivity index is 2.53. The molecule has 0 aromatic carbocycles. The van der Waals surface area contributed by atoms with Crippen molar-refractivity contribution in [2.75, 3.05) is 5.75 Å². The zero-order chi connectivity index (χ0) is 14.0. The van der Waals surface area contributed by atoms with Gasteiger partial charge >= 0.3 is 6.18 Å². The van der Waals surface area contributed by atoms with Crippen LogP contribution in [0.2, 0.25) is 0 Å². The quantitative estimate of drug-likeness (QED) is 0.808. The molecule has 0 unspecified atom stereocenters. The summed E-state index contributed by atoms with van der Waals surface area (Å²) in [5, 5.41) is 0. The van der Waals surface area contributed by atoms with Crippen LogP contribution in [0.3, 0.4) is 0 Å². The number of halogens is 3. The van der Waals surface area contributed by atoms with Crippen molar-refractivity contribution in [1.82, 2.24) is 14.5 Å². The zero-order valence-electron chi connectivity index (χ0n) is 10.4. The molecule has 0 amide bonds. The van der Waals surface area contributed by atoms with E-state index in [-0.39, 0.29) is 0 Å². The number of rotatable bonds is 3. The lowest BCUT2D eigenvalue weighted by molar-refractivity contribution is -0.138. The third kappa shape index (κ3) is 2.91. The molecule has 0 saturated carbocycles. The summed E-state index contributed by atoms with van der Waals surface area (Å²) in [6.07, 6.45) is -0.204. The van der Waals surface area contributed by atoms with Gasteiger partial charge in [-0.15, -0.1) is 11.8 Å². The van der Waals surface area contributed by atoms with Gasteiger partial charge < -0.3 is 4.57 Å². The first-order valence-corrected chi connectivity index (χ1v) is 6.59. The molecular weight excluding hydrogens is 275 g/mol. The molecular formula is C12H12F3N3S. The van der Waals surface area contributed by atoms with Gasteiger partial charge in [-0.2, -0.15) is 13.2 Å². The predicted octanol–water partition coefficient (Wildman–Crippen LogP) is 3.61. The highest BCUT2D eigenvalue weighted by molar-refractivity contribution is 7.99. The zero-order valence-corrected chi connectivity index (χ0v) is 11.2. The van der Waals surface area contributed by atoms with Crippen LogP contribution < -0.4 is 0 Å². The van der Waals surface area contributed by atoms with Gasteiger partial charge in [-0.05, 0) is 11.8 Å². The fraction of sp³-hybridized carbons (Fsp3) is 0.333. The van der Waals surface area contributed by atoms with Gasteiger partial charge in [-0.25, -0.2) is 4.98 Å². The molecule has 3 nitrogen and oxygen atoms in total. The van der Waals surface area contributed by atoms with E-state index in [0.29, 0.717) is 22.2 Å². The molecule has 0 spiro atoms. The highest BCUT2D eigenvalue weighted by Crippen LogP contribution is 2.35. The van der Waals surface area contributed by atoms with Crippen LogP contribution in [0.25, 0.3) is 11.5 Å². The van der Waals surface area contributed by atoms with E-state index in [1.807, 2.05) is 6.92 Å². The number of pyridine rings is 1. The minimum atomic E-state index is -4.38. The average molecular weight is 287 g/mol. The smallest absolute Gasteiger partial charge is 0.333 e. The van der Waals surface area contributed by atoms with Crippen molar-refractivity contribution < 1.29 is 13.2 Å². The van der Waals surface area contributed by atoms with Crippen LogP contribution >= 0.6 is 11.8 Å². The van der Waals surface area contributed by atoms with Crippen LogP contribution in [0.15, 0.2) is 29.6 Å². The highest BCUT2D eigenvalue weighted by Gasteiger charge is 2.32. The standard InChI is InChI=1S/C12H12F3N3S/c1-3-19-9-6-8(12(13,14)15)7-17-10(9)11-16-4-5-18(11)2/h4-7H,3H2,1-2H3. The van der Waals surface area contributed by atoms with Crippen molar-refractivity contribution in [2.45, 2.75) is 18.0 Å². The van der Waals surface area contributed by atoms with Gasteiger partial charge in [-0.1, -0.05) is 6.92 Å². The summed E-state index contributed by atoms with van der Waals surface area (Å²) < 4.78 is 39.8. The SMILES string of the molecule is CCSc1cc(C(F)(F)F)cnc1-c1nccn1C. The Hall–Kier alpha value is -1.50. The molecule has 0 fully saturated rings. The summed E-state index contributed by atoms with van der Waals surface area (Å²) in [5.41, 5.74) is -0.256. The number of hydrogen-bond donors (Lipinski definition) is 0. The molecule has 2 heterocycles. The van der Waals surface area contributed by atoms with Crippen molar-refractivity contribution in [3.05, 3.63) is 30.2 Å². The molecule has 0 saturated heterocycles. The normalized spacial score (nSPS) is 11.8. The van der Waals surface area contributed by atoms with E-state index >= 15 is 0 Å². The molecule has 0 aliphatic heterocycles. The number of aryl methyl sites for hydroxylation is 1. The van der Waals surface area contributed by atoms with E-state index in [2.05, 4.69) is 9.97 Å². The van der Waals surface area contributed by atoms with Crippen molar-refractivity contribution in [3.63, 3.8) is 0 Å². The molecule has 2 aromatic rings. The Morgan fingerprint density at radius 1 is 1.32 bits per heavy atom. The maximum atomic E-state index is 12.7. The fourth-order valence-corrected chi connectivity index (χ4v) is 2.43. The number of hydrogen-bond acceptors (Lipinski definition) is 3. The van der Waals surface area contributed by atoms with Crippen LogP contribution in [-0.2, 0) is 13.2 Å². The van der Waals surface area contributed by atoms with Gasteiger partial charge in [0, 0.05) is 30.5 Å². The Bertz CT molecular complexity index is 578. The van der Waals surface area contributed by atoms with Crippen molar-refractivity contribution in [1.29, 1.82) is 0 Å². The molecule has 19 heavy (non-hydrogen) atoms. The van der Waals surface area contributed by atoms with Gasteiger partial charge in [0.25, 0.3) is 0 Å². The lowest BCUT2D eigenvalue weighted by atomic mass is 10.2.